The number of aromatic nitrogens is 1. The molecule has 1 aromatic heterocycles. The number of methoxy groups -OCH3 is 1. The fourth-order valence-corrected chi connectivity index (χ4v) is 2.52. The molecule has 0 fully saturated rings. The van der Waals surface area contributed by atoms with Crippen molar-refractivity contribution in [2.75, 3.05) is 13.7 Å². The number of aryl methyl sites for hydroxylation is 1. The third-order valence-electron chi connectivity index (χ3n) is 2.76. The van der Waals surface area contributed by atoms with E-state index in [1.54, 1.807) is 18.4 Å². The summed E-state index contributed by atoms with van der Waals surface area (Å²) in [6, 6.07) is 0. The maximum atomic E-state index is 5.46. The fraction of sp³-hybridized carbons (Fsp3) is 0.769. The number of nitrogens with zero attached hydrogens (tertiary/aromatic N) is 1. The van der Waals surface area contributed by atoms with Gasteiger partial charge in [-0.1, -0.05) is 13.8 Å². The van der Waals surface area contributed by atoms with Crippen LogP contribution in [0, 0.1) is 12.8 Å². The number of hydrogen-bond acceptors (Lipinski definition) is 4. The van der Waals surface area contributed by atoms with Crippen molar-refractivity contribution in [3.63, 3.8) is 0 Å². The Hall–Kier alpha value is -0.450. The lowest BCUT2D eigenvalue weighted by molar-refractivity contribution is 0.0189. The van der Waals surface area contributed by atoms with Crippen molar-refractivity contribution in [1.82, 2.24) is 10.3 Å². The van der Waals surface area contributed by atoms with Crippen molar-refractivity contribution < 1.29 is 4.74 Å². The predicted octanol–water partition coefficient (Wildman–Crippen LogP) is 3.08. The zero-order valence-electron chi connectivity index (χ0n) is 11.8. The van der Waals surface area contributed by atoms with E-state index < -0.39 is 0 Å². The minimum absolute atomic E-state index is 0.286. The third-order valence-corrected chi connectivity index (χ3v) is 4.22. The van der Waals surface area contributed by atoms with E-state index in [1.807, 2.05) is 0 Å². The largest absolute Gasteiger partial charge is 0.372 e. The molecule has 4 heteroatoms. The standard InChI is InChI=1S/C13H24N2OS/c1-9(2)7-14-8-11-10(3)15-12(17-11)13(4,5)16-6/h9,14H,7-8H2,1-6H3. The van der Waals surface area contributed by atoms with Crippen LogP contribution in [0.1, 0.15) is 43.3 Å². The monoisotopic (exact) mass is 256 g/mol. The maximum Gasteiger partial charge on any atom is 0.125 e. The molecule has 1 heterocycles. The Balaban J connectivity index is 2.69. The van der Waals surface area contributed by atoms with Gasteiger partial charge in [0, 0.05) is 18.5 Å². The molecule has 1 N–H and O–H groups in total. The Bertz CT molecular complexity index is 358. The van der Waals surface area contributed by atoms with E-state index in [2.05, 4.69) is 44.9 Å². The van der Waals surface area contributed by atoms with Gasteiger partial charge in [0.15, 0.2) is 0 Å². The van der Waals surface area contributed by atoms with Gasteiger partial charge >= 0.3 is 0 Å². The van der Waals surface area contributed by atoms with E-state index in [0.717, 1.165) is 23.8 Å². The van der Waals surface area contributed by atoms with Gasteiger partial charge in [0.25, 0.3) is 0 Å². The first-order chi connectivity index (χ1) is 7.86. The Kier molecular flexibility index (Phi) is 5.10. The van der Waals surface area contributed by atoms with E-state index in [9.17, 15) is 0 Å². The van der Waals surface area contributed by atoms with Gasteiger partial charge < -0.3 is 10.1 Å². The molecule has 0 unspecified atom stereocenters. The highest BCUT2D eigenvalue weighted by atomic mass is 32.1. The van der Waals surface area contributed by atoms with Crippen molar-refractivity contribution in [3.05, 3.63) is 15.6 Å². The van der Waals surface area contributed by atoms with Crippen LogP contribution in [0.3, 0.4) is 0 Å². The first-order valence-electron chi connectivity index (χ1n) is 6.09. The Labute approximate surface area is 109 Å². The van der Waals surface area contributed by atoms with Gasteiger partial charge in [0.2, 0.25) is 0 Å². The summed E-state index contributed by atoms with van der Waals surface area (Å²) in [5.41, 5.74) is 0.831. The van der Waals surface area contributed by atoms with Crippen molar-refractivity contribution in [2.45, 2.75) is 46.8 Å². The van der Waals surface area contributed by atoms with E-state index in [1.165, 1.54) is 4.88 Å². The molecule has 0 bridgehead atoms. The molecule has 1 aromatic rings. The fourth-order valence-electron chi connectivity index (χ4n) is 1.41. The highest BCUT2D eigenvalue weighted by molar-refractivity contribution is 7.11. The van der Waals surface area contributed by atoms with Crippen LogP contribution >= 0.6 is 11.3 Å². The van der Waals surface area contributed by atoms with Crippen LogP contribution in [-0.2, 0) is 16.9 Å². The molecule has 0 spiro atoms. The molecule has 3 nitrogen and oxygen atoms in total. The molecule has 0 saturated carbocycles. The van der Waals surface area contributed by atoms with Gasteiger partial charge in [-0.2, -0.15) is 0 Å². The average molecular weight is 256 g/mol. The first kappa shape index (κ1) is 14.6. The highest BCUT2D eigenvalue weighted by Crippen LogP contribution is 2.30. The van der Waals surface area contributed by atoms with Gasteiger partial charge in [-0.15, -0.1) is 11.3 Å². The molecule has 0 radical (unpaired) electrons. The Morgan fingerprint density at radius 2 is 2.06 bits per heavy atom. The molecular formula is C13H24N2OS. The van der Waals surface area contributed by atoms with E-state index in [-0.39, 0.29) is 5.60 Å². The summed E-state index contributed by atoms with van der Waals surface area (Å²) in [4.78, 5) is 5.92. The Morgan fingerprint density at radius 1 is 1.41 bits per heavy atom. The summed E-state index contributed by atoms with van der Waals surface area (Å²) in [5, 5.41) is 4.51. The molecule has 0 aromatic carbocycles. The number of thiazole rings is 1. The van der Waals surface area contributed by atoms with Crippen LogP contribution in [0.4, 0.5) is 0 Å². The molecule has 0 aliphatic carbocycles. The zero-order valence-corrected chi connectivity index (χ0v) is 12.6. The molecule has 0 amide bonds. The van der Waals surface area contributed by atoms with Crippen molar-refractivity contribution in [2.24, 2.45) is 5.92 Å². The number of nitrogens with one attached hydrogen (secondary N) is 1. The molecule has 0 saturated heterocycles. The van der Waals surface area contributed by atoms with E-state index in [4.69, 9.17) is 4.74 Å². The average Bonchev–Trinajstić information content (AvgIpc) is 2.61. The minimum atomic E-state index is -0.286. The highest BCUT2D eigenvalue weighted by Gasteiger charge is 2.24. The van der Waals surface area contributed by atoms with Gasteiger partial charge in [-0.3, -0.25) is 0 Å². The van der Waals surface area contributed by atoms with Crippen LogP contribution < -0.4 is 5.32 Å². The lowest BCUT2D eigenvalue weighted by atomic mass is 10.1. The third kappa shape index (κ3) is 4.05. The number of hydrogen-bond donors (Lipinski definition) is 1. The summed E-state index contributed by atoms with van der Waals surface area (Å²) in [6.45, 7) is 12.5. The first-order valence-corrected chi connectivity index (χ1v) is 6.91. The second-order valence-corrected chi connectivity index (χ2v) is 6.35. The van der Waals surface area contributed by atoms with Crippen LogP contribution in [0.15, 0.2) is 0 Å². The molecule has 0 aliphatic heterocycles. The molecule has 1 rings (SSSR count). The molecule has 98 valence electrons. The lowest BCUT2D eigenvalue weighted by Crippen LogP contribution is -2.19. The SMILES string of the molecule is COC(C)(C)c1nc(C)c(CNCC(C)C)s1. The molecular weight excluding hydrogens is 232 g/mol. The van der Waals surface area contributed by atoms with Crippen LogP contribution in [0.25, 0.3) is 0 Å². The predicted molar refractivity (Wildman–Crippen MR) is 73.4 cm³/mol. The summed E-state index contributed by atoms with van der Waals surface area (Å²) in [6.07, 6.45) is 0. The van der Waals surface area contributed by atoms with Gasteiger partial charge in [0.1, 0.15) is 10.6 Å². The van der Waals surface area contributed by atoms with Crippen LogP contribution in [0.2, 0.25) is 0 Å². The summed E-state index contributed by atoms with van der Waals surface area (Å²) in [5.74, 6) is 0.679. The number of ether oxygens (including phenoxy) is 1. The summed E-state index contributed by atoms with van der Waals surface area (Å²) < 4.78 is 5.46. The van der Waals surface area contributed by atoms with Crippen LogP contribution in [0.5, 0.6) is 0 Å². The molecule has 0 aliphatic rings. The smallest absolute Gasteiger partial charge is 0.125 e. The maximum absolute atomic E-state index is 5.46. The minimum Gasteiger partial charge on any atom is -0.372 e. The van der Waals surface area contributed by atoms with Gasteiger partial charge in [-0.05, 0) is 33.2 Å². The zero-order chi connectivity index (χ0) is 13.1. The molecule has 17 heavy (non-hydrogen) atoms. The second-order valence-electron chi connectivity index (χ2n) is 5.27. The lowest BCUT2D eigenvalue weighted by Gasteiger charge is -2.19. The summed E-state index contributed by atoms with van der Waals surface area (Å²) >= 11 is 1.74. The van der Waals surface area contributed by atoms with Crippen LogP contribution in [-0.4, -0.2) is 18.6 Å². The van der Waals surface area contributed by atoms with Crippen molar-refractivity contribution >= 4 is 11.3 Å². The van der Waals surface area contributed by atoms with Gasteiger partial charge in [-0.25, -0.2) is 4.98 Å². The molecule has 0 atom stereocenters. The number of rotatable bonds is 6. The van der Waals surface area contributed by atoms with Gasteiger partial charge in [0.05, 0.1) is 5.69 Å². The van der Waals surface area contributed by atoms with E-state index >= 15 is 0 Å². The Morgan fingerprint density at radius 3 is 2.59 bits per heavy atom. The normalized spacial score (nSPS) is 12.4. The van der Waals surface area contributed by atoms with E-state index in [0.29, 0.717) is 5.92 Å². The van der Waals surface area contributed by atoms with Crippen molar-refractivity contribution in [1.29, 1.82) is 0 Å². The topological polar surface area (TPSA) is 34.1 Å². The second kappa shape index (κ2) is 5.94. The van der Waals surface area contributed by atoms with Crippen molar-refractivity contribution in [3.8, 4) is 0 Å². The quantitative estimate of drug-likeness (QED) is 0.849. The summed E-state index contributed by atoms with van der Waals surface area (Å²) in [7, 11) is 1.73.